The molecule has 2 unspecified atom stereocenters. The molecule has 1 N–H and O–H groups in total. The Bertz CT molecular complexity index is 897. The van der Waals surface area contributed by atoms with Crippen molar-refractivity contribution >= 4 is 28.6 Å². The van der Waals surface area contributed by atoms with E-state index in [1.807, 2.05) is 12.1 Å². The van der Waals surface area contributed by atoms with Gasteiger partial charge in [0.05, 0.1) is 35.3 Å². The maximum Gasteiger partial charge on any atom is 0.262 e. The summed E-state index contributed by atoms with van der Waals surface area (Å²) in [5, 5.41) is 3.33. The summed E-state index contributed by atoms with van der Waals surface area (Å²) in [6.45, 7) is 3.11. The normalized spacial score (nSPS) is 17.8. The Hall–Kier alpha value is -2.30. The number of thioether (sulfide) groups is 1. The van der Waals surface area contributed by atoms with Gasteiger partial charge in [0.25, 0.3) is 5.56 Å². The number of amides is 1. The van der Waals surface area contributed by atoms with Crippen molar-refractivity contribution in [2.24, 2.45) is 0 Å². The summed E-state index contributed by atoms with van der Waals surface area (Å²) in [5.41, 5.74) is 0.518. The van der Waals surface area contributed by atoms with Crippen LogP contribution >= 0.6 is 11.8 Å². The highest BCUT2D eigenvalue weighted by atomic mass is 32.2. The number of nitrogens with one attached hydrogen (secondary N) is 1. The predicted molar refractivity (Wildman–Crippen MR) is 102 cm³/mol. The van der Waals surface area contributed by atoms with E-state index in [1.54, 1.807) is 23.6 Å². The number of carbonyl (C=O) groups excluding carboxylic acids is 1. The SMILES string of the molecule is C#CCNC(=O)C(C)Sc1nc2ccccc2c(=O)n1CC1CCCO1. The molecule has 3 rings (SSSR count). The summed E-state index contributed by atoms with van der Waals surface area (Å²) in [6.07, 6.45) is 7.10. The molecule has 1 amide bonds. The number of benzene rings is 1. The zero-order valence-electron chi connectivity index (χ0n) is 14.6. The van der Waals surface area contributed by atoms with Gasteiger partial charge in [-0.05, 0) is 31.9 Å². The number of fused-ring (bicyclic) bond motifs is 1. The average molecular weight is 371 g/mol. The molecule has 0 saturated carbocycles. The van der Waals surface area contributed by atoms with Gasteiger partial charge in [0.1, 0.15) is 0 Å². The fourth-order valence-electron chi connectivity index (χ4n) is 2.88. The van der Waals surface area contributed by atoms with E-state index in [4.69, 9.17) is 11.2 Å². The Morgan fingerprint density at radius 3 is 3.08 bits per heavy atom. The van der Waals surface area contributed by atoms with Crippen LogP contribution in [0, 0.1) is 12.3 Å². The molecule has 2 heterocycles. The largest absolute Gasteiger partial charge is 0.376 e. The van der Waals surface area contributed by atoms with Crippen molar-refractivity contribution in [3.63, 3.8) is 0 Å². The maximum atomic E-state index is 13.0. The first-order chi connectivity index (χ1) is 12.6. The number of nitrogens with zero attached hydrogens (tertiary/aromatic N) is 2. The van der Waals surface area contributed by atoms with Gasteiger partial charge in [-0.25, -0.2) is 4.98 Å². The summed E-state index contributed by atoms with van der Waals surface area (Å²) in [4.78, 5) is 29.8. The summed E-state index contributed by atoms with van der Waals surface area (Å²) in [5.74, 6) is 2.20. The van der Waals surface area contributed by atoms with E-state index in [9.17, 15) is 9.59 Å². The van der Waals surface area contributed by atoms with Crippen LogP contribution in [0.1, 0.15) is 19.8 Å². The Morgan fingerprint density at radius 2 is 2.35 bits per heavy atom. The highest BCUT2D eigenvalue weighted by Gasteiger charge is 2.23. The van der Waals surface area contributed by atoms with Crippen molar-refractivity contribution in [1.82, 2.24) is 14.9 Å². The van der Waals surface area contributed by atoms with Crippen molar-refractivity contribution < 1.29 is 9.53 Å². The van der Waals surface area contributed by atoms with Crippen LogP contribution in [0.4, 0.5) is 0 Å². The standard InChI is InChI=1S/C19H21N3O3S/c1-3-10-20-17(23)13(2)26-19-21-16-9-5-4-8-15(16)18(24)22(19)12-14-7-6-11-25-14/h1,4-5,8-9,13-14H,6-7,10-12H2,2H3,(H,20,23). The lowest BCUT2D eigenvalue weighted by atomic mass is 10.2. The fourth-order valence-corrected chi connectivity index (χ4v) is 3.83. The molecule has 6 nitrogen and oxygen atoms in total. The van der Waals surface area contributed by atoms with Gasteiger partial charge < -0.3 is 10.1 Å². The first-order valence-corrected chi connectivity index (χ1v) is 9.47. The molecule has 0 bridgehead atoms. The van der Waals surface area contributed by atoms with Crippen molar-refractivity contribution in [2.45, 2.75) is 42.8 Å². The first-order valence-electron chi connectivity index (χ1n) is 8.59. The second-order valence-corrected chi connectivity index (χ2v) is 7.45. The van der Waals surface area contributed by atoms with Gasteiger partial charge in [-0.15, -0.1) is 6.42 Å². The van der Waals surface area contributed by atoms with E-state index in [0.29, 0.717) is 29.2 Å². The fraction of sp³-hybridized carbons (Fsp3) is 0.421. The molecule has 0 spiro atoms. The summed E-state index contributed by atoms with van der Waals surface area (Å²) >= 11 is 1.26. The smallest absolute Gasteiger partial charge is 0.262 e. The number of ether oxygens (including phenoxy) is 1. The molecule has 1 aromatic carbocycles. The maximum absolute atomic E-state index is 13.0. The summed E-state index contributed by atoms with van der Waals surface area (Å²) in [6, 6.07) is 7.25. The van der Waals surface area contributed by atoms with Crippen LogP contribution in [0.25, 0.3) is 10.9 Å². The zero-order valence-corrected chi connectivity index (χ0v) is 15.4. The van der Waals surface area contributed by atoms with Gasteiger partial charge in [0, 0.05) is 6.61 Å². The zero-order chi connectivity index (χ0) is 18.5. The molecule has 1 aliphatic rings. The summed E-state index contributed by atoms with van der Waals surface area (Å²) < 4.78 is 7.32. The lowest BCUT2D eigenvalue weighted by Gasteiger charge is -2.18. The van der Waals surface area contributed by atoms with E-state index < -0.39 is 5.25 Å². The monoisotopic (exact) mass is 371 g/mol. The van der Waals surface area contributed by atoms with Gasteiger partial charge in [-0.3, -0.25) is 14.2 Å². The van der Waals surface area contributed by atoms with Gasteiger partial charge in [0.15, 0.2) is 5.16 Å². The molecule has 2 atom stereocenters. The average Bonchev–Trinajstić information content (AvgIpc) is 3.16. The van der Waals surface area contributed by atoms with E-state index in [1.165, 1.54) is 11.8 Å². The molecule has 136 valence electrons. The van der Waals surface area contributed by atoms with Gasteiger partial charge in [-0.1, -0.05) is 29.8 Å². The Morgan fingerprint density at radius 1 is 1.54 bits per heavy atom. The highest BCUT2D eigenvalue weighted by molar-refractivity contribution is 8.00. The minimum absolute atomic E-state index is 0.000542. The third-order valence-electron chi connectivity index (χ3n) is 4.25. The molecular formula is C19H21N3O3S. The molecule has 0 aliphatic carbocycles. The Labute approximate surface area is 156 Å². The van der Waals surface area contributed by atoms with E-state index >= 15 is 0 Å². The Kier molecular flexibility index (Phi) is 5.96. The molecule has 2 aromatic rings. The summed E-state index contributed by atoms with van der Waals surface area (Å²) in [7, 11) is 0. The molecule has 1 fully saturated rings. The minimum Gasteiger partial charge on any atom is -0.376 e. The highest BCUT2D eigenvalue weighted by Crippen LogP contribution is 2.24. The Balaban J connectivity index is 1.94. The topological polar surface area (TPSA) is 73.2 Å². The molecule has 1 aliphatic heterocycles. The van der Waals surface area contributed by atoms with Crippen molar-refractivity contribution in [2.75, 3.05) is 13.2 Å². The van der Waals surface area contributed by atoms with Crippen molar-refractivity contribution in [3.05, 3.63) is 34.6 Å². The van der Waals surface area contributed by atoms with Crippen LogP contribution < -0.4 is 10.9 Å². The third-order valence-corrected chi connectivity index (χ3v) is 5.34. The molecule has 1 aromatic heterocycles. The molecule has 7 heteroatoms. The molecular weight excluding hydrogens is 350 g/mol. The first kappa shape index (κ1) is 18.5. The number of aromatic nitrogens is 2. The van der Waals surface area contributed by atoms with E-state index in [0.717, 1.165) is 12.8 Å². The van der Waals surface area contributed by atoms with Crippen molar-refractivity contribution in [3.8, 4) is 12.3 Å². The van der Waals surface area contributed by atoms with Crippen LogP contribution in [-0.4, -0.2) is 40.0 Å². The molecule has 1 saturated heterocycles. The predicted octanol–water partition coefficient (Wildman–Crippen LogP) is 1.81. The minimum atomic E-state index is -0.424. The number of terminal acetylenes is 1. The second-order valence-electron chi connectivity index (χ2n) is 6.14. The van der Waals surface area contributed by atoms with Crippen LogP contribution in [0.15, 0.2) is 34.2 Å². The quantitative estimate of drug-likeness (QED) is 0.476. The number of para-hydroxylation sites is 1. The van der Waals surface area contributed by atoms with Crippen LogP contribution in [0.2, 0.25) is 0 Å². The van der Waals surface area contributed by atoms with E-state index in [-0.39, 0.29) is 24.1 Å². The lowest BCUT2D eigenvalue weighted by Crippen LogP contribution is -2.33. The molecule has 0 radical (unpaired) electrons. The lowest BCUT2D eigenvalue weighted by molar-refractivity contribution is -0.120. The third kappa shape index (κ3) is 4.09. The van der Waals surface area contributed by atoms with Gasteiger partial charge in [0.2, 0.25) is 5.91 Å². The van der Waals surface area contributed by atoms with Crippen LogP contribution in [0.3, 0.4) is 0 Å². The second kappa shape index (κ2) is 8.39. The number of hydrogen-bond acceptors (Lipinski definition) is 5. The van der Waals surface area contributed by atoms with Gasteiger partial charge in [-0.2, -0.15) is 0 Å². The van der Waals surface area contributed by atoms with E-state index in [2.05, 4.69) is 16.2 Å². The van der Waals surface area contributed by atoms with Gasteiger partial charge >= 0.3 is 0 Å². The number of carbonyl (C=O) groups is 1. The van der Waals surface area contributed by atoms with Crippen LogP contribution in [0.5, 0.6) is 0 Å². The molecule has 26 heavy (non-hydrogen) atoms. The number of rotatable bonds is 6. The van der Waals surface area contributed by atoms with Crippen LogP contribution in [-0.2, 0) is 16.1 Å². The van der Waals surface area contributed by atoms with Crippen molar-refractivity contribution in [1.29, 1.82) is 0 Å². The number of hydrogen-bond donors (Lipinski definition) is 1.